The van der Waals surface area contributed by atoms with Crippen molar-refractivity contribution in [2.75, 3.05) is 11.9 Å². The van der Waals surface area contributed by atoms with E-state index < -0.39 is 30.5 Å². The predicted octanol–water partition coefficient (Wildman–Crippen LogP) is 1.62. The number of aryl methyl sites for hydroxylation is 1. The van der Waals surface area contributed by atoms with Crippen molar-refractivity contribution < 1.29 is 27.9 Å². The van der Waals surface area contributed by atoms with Gasteiger partial charge in [-0.05, 0) is 25.0 Å². The van der Waals surface area contributed by atoms with E-state index in [1.165, 1.54) is 19.1 Å². The highest BCUT2D eigenvalue weighted by atomic mass is 19.4. The van der Waals surface area contributed by atoms with E-state index >= 15 is 0 Å². The molecule has 2 amide bonds. The van der Waals surface area contributed by atoms with Crippen molar-refractivity contribution >= 4 is 17.5 Å². The minimum absolute atomic E-state index is 0.0953. The molecule has 1 atom stereocenters. The van der Waals surface area contributed by atoms with Gasteiger partial charge in [0, 0.05) is 18.7 Å². The molecule has 5 nitrogen and oxygen atoms in total. The van der Waals surface area contributed by atoms with Crippen LogP contribution in [0.15, 0.2) is 24.3 Å². The van der Waals surface area contributed by atoms with E-state index in [-0.39, 0.29) is 24.2 Å². The third-order valence-electron chi connectivity index (χ3n) is 2.71. The first-order chi connectivity index (χ1) is 10.2. The Morgan fingerprint density at radius 3 is 2.45 bits per heavy atom. The zero-order valence-electron chi connectivity index (χ0n) is 11.9. The van der Waals surface area contributed by atoms with Crippen molar-refractivity contribution in [3.63, 3.8) is 0 Å². The second kappa shape index (κ2) is 7.79. The van der Waals surface area contributed by atoms with Gasteiger partial charge in [0.1, 0.15) is 0 Å². The molecule has 1 rings (SSSR count). The molecule has 0 bridgehead atoms. The lowest BCUT2D eigenvalue weighted by molar-refractivity contribution is -0.136. The average Bonchev–Trinajstić information content (AvgIpc) is 2.42. The fraction of sp³-hybridized carbons (Fsp3) is 0.429. The van der Waals surface area contributed by atoms with Crippen LogP contribution in [0.5, 0.6) is 0 Å². The molecule has 0 aliphatic carbocycles. The molecule has 1 aromatic rings. The number of nitrogens with one attached hydrogen (secondary N) is 2. The van der Waals surface area contributed by atoms with Gasteiger partial charge in [-0.25, -0.2) is 0 Å². The lowest BCUT2D eigenvalue weighted by Crippen LogP contribution is -2.39. The highest BCUT2D eigenvalue weighted by molar-refractivity contribution is 6.39. The van der Waals surface area contributed by atoms with Gasteiger partial charge in [-0.3, -0.25) is 9.59 Å². The minimum Gasteiger partial charge on any atom is -0.392 e. The summed E-state index contributed by atoms with van der Waals surface area (Å²) in [6.07, 6.45) is -6.43. The molecule has 0 aliphatic rings. The quantitative estimate of drug-likeness (QED) is 0.722. The van der Waals surface area contributed by atoms with Crippen molar-refractivity contribution in [2.24, 2.45) is 0 Å². The number of alkyl halides is 3. The van der Waals surface area contributed by atoms with Crippen molar-refractivity contribution in [2.45, 2.75) is 32.0 Å². The lowest BCUT2D eigenvalue weighted by Gasteiger charge is -2.12. The van der Waals surface area contributed by atoms with Crippen LogP contribution in [0.1, 0.15) is 18.9 Å². The molecular formula is C14H17F3N2O3. The Labute approximate surface area is 125 Å². The summed E-state index contributed by atoms with van der Waals surface area (Å²) in [5.74, 6) is -1.97. The van der Waals surface area contributed by atoms with Crippen molar-refractivity contribution in [3.8, 4) is 0 Å². The first-order valence-electron chi connectivity index (χ1n) is 6.61. The van der Waals surface area contributed by atoms with E-state index in [0.717, 1.165) is 0 Å². The number of benzene rings is 1. The molecule has 1 aromatic carbocycles. The Morgan fingerprint density at radius 2 is 1.86 bits per heavy atom. The van der Waals surface area contributed by atoms with E-state index in [1.807, 2.05) is 0 Å². The maximum atomic E-state index is 12.3. The Kier molecular flexibility index (Phi) is 6.36. The summed E-state index contributed by atoms with van der Waals surface area (Å²) >= 11 is 0. The Hall–Kier alpha value is -2.09. The largest absolute Gasteiger partial charge is 0.392 e. The number of aliphatic hydroxyl groups excluding tert-OH is 1. The minimum atomic E-state index is -4.30. The van der Waals surface area contributed by atoms with Crippen LogP contribution in [-0.4, -0.2) is 35.7 Å². The van der Waals surface area contributed by atoms with Gasteiger partial charge < -0.3 is 15.7 Å². The zero-order valence-corrected chi connectivity index (χ0v) is 11.9. The first-order valence-corrected chi connectivity index (χ1v) is 6.61. The summed E-state index contributed by atoms with van der Waals surface area (Å²) in [4.78, 5) is 23.1. The van der Waals surface area contributed by atoms with Crippen molar-refractivity contribution in [1.29, 1.82) is 0 Å². The smallest absolute Gasteiger partial charge is 0.389 e. The van der Waals surface area contributed by atoms with Gasteiger partial charge >= 0.3 is 18.0 Å². The van der Waals surface area contributed by atoms with E-state index in [2.05, 4.69) is 10.6 Å². The third kappa shape index (κ3) is 6.57. The van der Waals surface area contributed by atoms with E-state index in [1.54, 1.807) is 12.1 Å². The number of hydrogen-bond donors (Lipinski definition) is 3. The highest BCUT2D eigenvalue weighted by Gasteiger charge is 2.27. The summed E-state index contributed by atoms with van der Waals surface area (Å²) in [7, 11) is 0. The number of carbonyl (C=O) groups is 2. The fourth-order valence-corrected chi connectivity index (χ4v) is 1.64. The van der Waals surface area contributed by atoms with Crippen LogP contribution in [-0.2, 0) is 16.0 Å². The van der Waals surface area contributed by atoms with Crippen LogP contribution < -0.4 is 10.6 Å². The number of aliphatic hydroxyl groups is 1. The van der Waals surface area contributed by atoms with Crippen LogP contribution >= 0.6 is 0 Å². The second-order valence-corrected chi connectivity index (χ2v) is 4.79. The van der Waals surface area contributed by atoms with Gasteiger partial charge in [-0.2, -0.15) is 13.2 Å². The van der Waals surface area contributed by atoms with E-state index in [0.29, 0.717) is 0 Å². The average molecular weight is 318 g/mol. The molecule has 0 saturated heterocycles. The standard InChI is InChI=1S/C14H17F3N2O3/c1-9(20)8-18-12(21)13(22)19-11-5-3-2-4-10(11)6-7-14(15,16)17/h2-5,9,20H,6-8H2,1H3,(H,18,21)(H,19,22). The summed E-state index contributed by atoms with van der Waals surface area (Å²) in [6.45, 7) is 1.34. The van der Waals surface area contributed by atoms with Gasteiger partial charge in [0.05, 0.1) is 6.10 Å². The number of amides is 2. The second-order valence-electron chi connectivity index (χ2n) is 4.79. The van der Waals surface area contributed by atoms with Crippen LogP contribution in [0.2, 0.25) is 0 Å². The zero-order chi connectivity index (χ0) is 16.8. The van der Waals surface area contributed by atoms with Crippen LogP contribution in [0.25, 0.3) is 0 Å². The molecule has 122 valence electrons. The highest BCUT2D eigenvalue weighted by Crippen LogP contribution is 2.25. The van der Waals surface area contributed by atoms with Gasteiger partial charge in [0.25, 0.3) is 0 Å². The monoisotopic (exact) mass is 318 g/mol. The summed E-state index contributed by atoms with van der Waals surface area (Å²) in [5.41, 5.74) is 0.445. The number of para-hydroxylation sites is 1. The van der Waals surface area contributed by atoms with Crippen LogP contribution in [0, 0.1) is 0 Å². The van der Waals surface area contributed by atoms with Gasteiger partial charge in [0.2, 0.25) is 0 Å². The van der Waals surface area contributed by atoms with Gasteiger partial charge in [0.15, 0.2) is 0 Å². The number of halogens is 3. The van der Waals surface area contributed by atoms with Crippen LogP contribution in [0.4, 0.5) is 18.9 Å². The molecule has 0 aromatic heterocycles. The Balaban J connectivity index is 2.68. The summed E-state index contributed by atoms with van der Waals surface area (Å²) in [5, 5.41) is 13.5. The predicted molar refractivity (Wildman–Crippen MR) is 74.1 cm³/mol. The molecular weight excluding hydrogens is 301 g/mol. The molecule has 0 heterocycles. The molecule has 0 saturated carbocycles. The Bertz CT molecular complexity index is 530. The maximum Gasteiger partial charge on any atom is 0.389 e. The maximum absolute atomic E-state index is 12.3. The number of rotatable bonds is 5. The third-order valence-corrected chi connectivity index (χ3v) is 2.71. The lowest BCUT2D eigenvalue weighted by atomic mass is 10.1. The molecule has 8 heteroatoms. The van der Waals surface area contributed by atoms with Gasteiger partial charge in [-0.1, -0.05) is 18.2 Å². The topological polar surface area (TPSA) is 78.4 Å². The van der Waals surface area contributed by atoms with Gasteiger partial charge in [-0.15, -0.1) is 0 Å². The molecule has 0 aliphatic heterocycles. The summed E-state index contributed by atoms with van der Waals surface area (Å²) < 4.78 is 36.8. The molecule has 1 unspecified atom stereocenters. The molecule has 3 N–H and O–H groups in total. The number of hydrogen-bond acceptors (Lipinski definition) is 3. The van der Waals surface area contributed by atoms with E-state index in [4.69, 9.17) is 5.11 Å². The molecule has 22 heavy (non-hydrogen) atoms. The molecule has 0 radical (unpaired) electrons. The summed E-state index contributed by atoms with van der Waals surface area (Å²) in [6, 6.07) is 5.97. The Morgan fingerprint density at radius 1 is 1.23 bits per heavy atom. The fourth-order valence-electron chi connectivity index (χ4n) is 1.64. The van der Waals surface area contributed by atoms with E-state index in [9.17, 15) is 22.8 Å². The van der Waals surface area contributed by atoms with Crippen LogP contribution in [0.3, 0.4) is 0 Å². The van der Waals surface area contributed by atoms with Crippen molar-refractivity contribution in [3.05, 3.63) is 29.8 Å². The normalized spacial score (nSPS) is 12.6. The number of carbonyl (C=O) groups excluding carboxylic acids is 2. The molecule has 0 fully saturated rings. The number of anilines is 1. The SMILES string of the molecule is CC(O)CNC(=O)C(=O)Nc1ccccc1CCC(F)(F)F. The molecule has 0 spiro atoms. The van der Waals surface area contributed by atoms with Crippen molar-refractivity contribution in [1.82, 2.24) is 5.32 Å². The first kappa shape index (κ1) is 18.0.